The summed E-state index contributed by atoms with van der Waals surface area (Å²) in [7, 11) is 0. The predicted molar refractivity (Wildman–Crippen MR) is 74.4 cm³/mol. The molecule has 3 N–H and O–H groups in total. The van der Waals surface area contributed by atoms with Crippen LogP contribution in [0.4, 0.5) is 11.9 Å². The van der Waals surface area contributed by atoms with Crippen LogP contribution in [0.5, 0.6) is 6.01 Å². The summed E-state index contributed by atoms with van der Waals surface area (Å²) in [5.41, 5.74) is 4.95. The molecular formula is C12H20N6O2. The van der Waals surface area contributed by atoms with Crippen molar-refractivity contribution in [2.75, 3.05) is 23.7 Å². The Morgan fingerprint density at radius 2 is 2.05 bits per heavy atom. The van der Waals surface area contributed by atoms with E-state index in [1.54, 1.807) is 4.90 Å². The lowest BCUT2D eigenvalue weighted by Crippen LogP contribution is -2.62. The lowest BCUT2D eigenvalue weighted by Gasteiger charge is -2.41. The number of anilines is 2. The molecule has 1 saturated heterocycles. The van der Waals surface area contributed by atoms with Crippen LogP contribution in [0.2, 0.25) is 0 Å². The van der Waals surface area contributed by atoms with Gasteiger partial charge in [-0.3, -0.25) is 4.79 Å². The molecule has 0 unspecified atom stereocenters. The van der Waals surface area contributed by atoms with Crippen LogP contribution in [0.1, 0.15) is 27.7 Å². The molecule has 0 bridgehead atoms. The molecule has 20 heavy (non-hydrogen) atoms. The highest BCUT2D eigenvalue weighted by Gasteiger charge is 2.39. The van der Waals surface area contributed by atoms with Crippen molar-refractivity contribution in [1.82, 2.24) is 20.3 Å². The minimum Gasteiger partial charge on any atom is -0.461 e. The Hall–Kier alpha value is -2.12. The van der Waals surface area contributed by atoms with Crippen molar-refractivity contribution in [3.05, 3.63) is 0 Å². The Balaban J connectivity index is 2.36. The summed E-state index contributed by atoms with van der Waals surface area (Å²) in [5.74, 6) is 0.356. The van der Waals surface area contributed by atoms with E-state index in [4.69, 9.17) is 10.5 Å². The second kappa shape index (κ2) is 5.10. The predicted octanol–water partition coefficient (Wildman–Crippen LogP) is -0.0442. The van der Waals surface area contributed by atoms with Crippen LogP contribution < -0.4 is 20.7 Å². The number of nitrogens with one attached hydrogen (secondary N) is 1. The number of nitrogen functional groups attached to an aromatic ring is 1. The van der Waals surface area contributed by atoms with Crippen molar-refractivity contribution in [3.63, 3.8) is 0 Å². The molecule has 110 valence electrons. The van der Waals surface area contributed by atoms with Crippen LogP contribution in [-0.2, 0) is 4.79 Å². The van der Waals surface area contributed by atoms with Gasteiger partial charge in [0.25, 0.3) is 0 Å². The molecule has 0 radical (unpaired) electrons. The summed E-state index contributed by atoms with van der Waals surface area (Å²) in [6.07, 6.45) is -0.0673. The number of piperazine rings is 1. The lowest BCUT2D eigenvalue weighted by atomic mass is 10.00. The topological polar surface area (TPSA) is 106 Å². The van der Waals surface area contributed by atoms with E-state index in [0.717, 1.165) is 0 Å². The van der Waals surface area contributed by atoms with E-state index < -0.39 is 5.54 Å². The van der Waals surface area contributed by atoms with Gasteiger partial charge >= 0.3 is 6.01 Å². The van der Waals surface area contributed by atoms with Gasteiger partial charge in [0.1, 0.15) is 5.54 Å². The first-order chi connectivity index (χ1) is 9.30. The molecule has 2 rings (SSSR count). The molecule has 0 spiro atoms. The smallest absolute Gasteiger partial charge is 0.323 e. The summed E-state index contributed by atoms with van der Waals surface area (Å²) in [4.78, 5) is 26.1. The number of nitrogens with two attached hydrogens (primary N) is 1. The fraction of sp³-hybridized carbons (Fsp3) is 0.667. The maximum Gasteiger partial charge on any atom is 0.323 e. The van der Waals surface area contributed by atoms with Crippen LogP contribution in [0.15, 0.2) is 0 Å². The van der Waals surface area contributed by atoms with Gasteiger partial charge in [0.15, 0.2) is 0 Å². The van der Waals surface area contributed by atoms with Gasteiger partial charge in [0.05, 0.1) is 6.10 Å². The van der Waals surface area contributed by atoms with Crippen molar-refractivity contribution in [2.24, 2.45) is 0 Å². The average Bonchev–Trinajstić information content (AvgIpc) is 2.30. The second-order valence-corrected chi connectivity index (χ2v) is 5.41. The molecule has 1 aromatic rings. The monoisotopic (exact) mass is 280 g/mol. The number of nitrogens with zero attached hydrogens (tertiary/aromatic N) is 4. The summed E-state index contributed by atoms with van der Waals surface area (Å²) < 4.78 is 5.45. The normalized spacial score (nSPS) is 18.1. The van der Waals surface area contributed by atoms with E-state index in [9.17, 15) is 4.79 Å². The molecular weight excluding hydrogens is 260 g/mol. The third kappa shape index (κ3) is 2.73. The van der Waals surface area contributed by atoms with E-state index >= 15 is 0 Å². The average molecular weight is 280 g/mol. The highest BCUT2D eigenvalue weighted by Crippen LogP contribution is 2.24. The van der Waals surface area contributed by atoms with Crippen molar-refractivity contribution in [1.29, 1.82) is 0 Å². The van der Waals surface area contributed by atoms with Crippen molar-refractivity contribution in [2.45, 2.75) is 39.3 Å². The lowest BCUT2D eigenvalue weighted by molar-refractivity contribution is -0.126. The molecule has 1 fully saturated rings. The number of rotatable bonds is 3. The maximum atomic E-state index is 12.0. The molecule has 0 atom stereocenters. The Bertz CT molecular complexity index is 517. The minimum absolute atomic E-state index is 0.0673. The van der Waals surface area contributed by atoms with Gasteiger partial charge in [-0.05, 0) is 27.7 Å². The Kier molecular flexibility index (Phi) is 3.65. The van der Waals surface area contributed by atoms with Gasteiger partial charge in [0, 0.05) is 13.1 Å². The second-order valence-electron chi connectivity index (χ2n) is 5.41. The molecule has 0 aliphatic carbocycles. The van der Waals surface area contributed by atoms with Gasteiger partial charge in [0.2, 0.25) is 17.8 Å². The van der Waals surface area contributed by atoms with Crippen LogP contribution in [-0.4, -0.2) is 45.6 Å². The SMILES string of the molecule is CC(C)Oc1nc(N)nc(N2CCNC(=O)C2(C)C)n1. The summed E-state index contributed by atoms with van der Waals surface area (Å²) >= 11 is 0. The van der Waals surface area contributed by atoms with Crippen LogP contribution >= 0.6 is 0 Å². The van der Waals surface area contributed by atoms with E-state index in [1.807, 2.05) is 27.7 Å². The number of aromatic nitrogens is 3. The Morgan fingerprint density at radius 3 is 2.70 bits per heavy atom. The molecule has 1 amide bonds. The van der Waals surface area contributed by atoms with Gasteiger partial charge < -0.3 is 20.7 Å². The number of ether oxygens (including phenoxy) is 1. The fourth-order valence-electron chi connectivity index (χ4n) is 1.99. The first-order valence-electron chi connectivity index (χ1n) is 6.55. The minimum atomic E-state index is -0.749. The highest BCUT2D eigenvalue weighted by molar-refractivity contribution is 5.89. The molecule has 8 heteroatoms. The molecule has 0 saturated carbocycles. The zero-order valence-corrected chi connectivity index (χ0v) is 12.2. The highest BCUT2D eigenvalue weighted by atomic mass is 16.5. The maximum absolute atomic E-state index is 12.0. The van der Waals surface area contributed by atoms with Gasteiger partial charge in [-0.25, -0.2) is 0 Å². The molecule has 8 nitrogen and oxygen atoms in total. The standard InChI is InChI=1S/C12H20N6O2/c1-7(2)20-11-16-9(13)15-10(17-11)18-6-5-14-8(19)12(18,3)4/h7H,5-6H2,1-4H3,(H,14,19)(H2,13,15,16,17). The molecule has 1 aliphatic rings. The van der Waals surface area contributed by atoms with Gasteiger partial charge in [-0.2, -0.15) is 15.0 Å². The number of hydrogen-bond donors (Lipinski definition) is 2. The van der Waals surface area contributed by atoms with E-state index in [0.29, 0.717) is 19.0 Å². The summed E-state index contributed by atoms with van der Waals surface area (Å²) in [5, 5.41) is 2.82. The van der Waals surface area contributed by atoms with Crippen molar-refractivity contribution < 1.29 is 9.53 Å². The molecule has 1 aliphatic heterocycles. The number of carbonyl (C=O) groups excluding carboxylic acids is 1. The Morgan fingerprint density at radius 1 is 1.35 bits per heavy atom. The first-order valence-corrected chi connectivity index (χ1v) is 6.55. The zero-order valence-electron chi connectivity index (χ0n) is 12.2. The van der Waals surface area contributed by atoms with Crippen molar-refractivity contribution >= 4 is 17.8 Å². The zero-order chi connectivity index (χ0) is 14.9. The molecule has 2 heterocycles. The van der Waals surface area contributed by atoms with Crippen LogP contribution in [0.3, 0.4) is 0 Å². The number of hydrogen-bond acceptors (Lipinski definition) is 7. The number of carbonyl (C=O) groups is 1. The summed E-state index contributed by atoms with van der Waals surface area (Å²) in [6.45, 7) is 8.50. The molecule has 0 aromatic carbocycles. The molecule has 1 aromatic heterocycles. The Labute approximate surface area is 117 Å². The van der Waals surface area contributed by atoms with E-state index in [2.05, 4.69) is 20.3 Å². The fourth-order valence-corrected chi connectivity index (χ4v) is 1.99. The quantitative estimate of drug-likeness (QED) is 0.799. The third-order valence-corrected chi connectivity index (χ3v) is 3.05. The van der Waals surface area contributed by atoms with E-state index in [1.165, 1.54) is 0 Å². The summed E-state index contributed by atoms with van der Waals surface area (Å²) in [6, 6.07) is 0.171. The van der Waals surface area contributed by atoms with Crippen LogP contribution in [0, 0.1) is 0 Å². The van der Waals surface area contributed by atoms with Crippen molar-refractivity contribution in [3.8, 4) is 6.01 Å². The van der Waals surface area contributed by atoms with Gasteiger partial charge in [-0.1, -0.05) is 0 Å². The third-order valence-electron chi connectivity index (χ3n) is 3.05. The first kappa shape index (κ1) is 14.3. The number of amides is 1. The van der Waals surface area contributed by atoms with E-state index in [-0.39, 0.29) is 24.0 Å². The van der Waals surface area contributed by atoms with Gasteiger partial charge in [-0.15, -0.1) is 0 Å². The van der Waals surface area contributed by atoms with Crippen LogP contribution in [0.25, 0.3) is 0 Å². The largest absolute Gasteiger partial charge is 0.461 e.